The van der Waals surface area contributed by atoms with Crippen molar-refractivity contribution >= 4 is 35.0 Å². The highest BCUT2D eigenvalue weighted by Gasteiger charge is 2.26. The van der Waals surface area contributed by atoms with Gasteiger partial charge in [0, 0.05) is 34.7 Å². The fourth-order valence-corrected chi connectivity index (χ4v) is 4.06. The molecule has 0 saturated heterocycles. The Morgan fingerprint density at radius 3 is 2.36 bits per heavy atom. The first kappa shape index (κ1) is 24.9. The predicted molar refractivity (Wildman–Crippen MR) is 137 cm³/mol. The molecule has 36 heavy (non-hydrogen) atoms. The zero-order chi connectivity index (χ0) is 25.9. The molecule has 0 bridgehead atoms. The number of hydrogen-bond acceptors (Lipinski definition) is 4. The Kier molecular flexibility index (Phi) is 7.05. The number of rotatable bonds is 4. The molecule has 2 N–H and O–H groups in total. The van der Waals surface area contributed by atoms with Gasteiger partial charge in [0.1, 0.15) is 11.4 Å². The minimum atomic E-state index is -0.640. The average Bonchev–Trinajstić information content (AvgIpc) is 2.83. The van der Waals surface area contributed by atoms with Crippen LogP contribution in [0.4, 0.5) is 26.2 Å². The summed E-state index contributed by atoms with van der Waals surface area (Å²) >= 11 is 0. The van der Waals surface area contributed by atoms with Crippen molar-refractivity contribution in [2.45, 2.75) is 39.2 Å². The van der Waals surface area contributed by atoms with Crippen molar-refractivity contribution < 1.29 is 23.5 Å². The van der Waals surface area contributed by atoms with E-state index in [1.807, 2.05) is 6.07 Å². The summed E-state index contributed by atoms with van der Waals surface area (Å²) in [6.45, 7) is 5.84. The van der Waals surface area contributed by atoms with Crippen LogP contribution in [0.15, 0.2) is 66.7 Å². The molecule has 0 atom stereocenters. The maximum absolute atomic E-state index is 13.5. The number of carbonyl (C=O) groups excluding carboxylic acids is 3. The molecule has 4 rings (SSSR count). The molecule has 186 valence electrons. The van der Waals surface area contributed by atoms with Crippen molar-refractivity contribution in [3.8, 4) is 0 Å². The lowest BCUT2D eigenvalue weighted by atomic mass is 9.98. The highest BCUT2D eigenvalue weighted by atomic mass is 19.1. The number of benzene rings is 3. The van der Waals surface area contributed by atoms with Crippen LogP contribution in [0.1, 0.15) is 53.5 Å². The molecule has 1 aliphatic heterocycles. The van der Waals surface area contributed by atoms with Crippen LogP contribution in [0, 0.1) is 5.82 Å². The van der Waals surface area contributed by atoms with Crippen LogP contribution in [0.25, 0.3) is 0 Å². The second-order valence-electron chi connectivity index (χ2n) is 9.53. The molecular formula is C28H28FN3O4. The monoisotopic (exact) mass is 489 g/mol. The van der Waals surface area contributed by atoms with Gasteiger partial charge in [-0.05, 0) is 93.8 Å². The van der Waals surface area contributed by atoms with Crippen molar-refractivity contribution in [1.29, 1.82) is 0 Å². The highest BCUT2D eigenvalue weighted by Crippen LogP contribution is 2.34. The van der Waals surface area contributed by atoms with Gasteiger partial charge in [-0.2, -0.15) is 0 Å². The molecule has 0 radical (unpaired) electrons. The molecule has 1 heterocycles. The molecule has 0 saturated carbocycles. The van der Waals surface area contributed by atoms with E-state index >= 15 is 0 Å². The molecule has 3 aromatic rings. The third kappa shape index (κ3) is 5.89. The zero-order valence-corrected chi connectivity index (χ0v) is 20.4. The summed E-state index contributed by atoms with van der Waals surface area (Å²) in [5.74, 6) is -0.985. The number of halogens is 1. The Morgan fingerprint density at radius 1 is 0.917 bits per heavy atom. The van der Waals surface area contributed by atoms with Crippen LogP contribution in [0.3, 0.4) is 0 Å². The number of ether oxygens (including phenoxy) is 1. The first-order valence-corrected chi connectivity index (χ1v) is 11.7. The maximum atomic E-state index is 13.5. The van der Waals surface area contributed by atoms with Crippen molar-refractivity contribution in [3.63, 3.8) is 0 Å². The molecule has 7 nitrogen and oxygen atoms in total. The van der Waals surface area contributed by atoms with E-state index in [0.717, 1.165) is 12.0 Å². The minimum Gasteiger partial charge on any atom is -0.444 e. The Hall–Kier alpha value is -4.20. The quantitative estimate of drug-likeness (QED) is 0.469. The molecule has 0 spiro atoms. The van der Waals surface area contributed by atoms with E-state index in [2.05, 4.69) is 10.6 Å². The van der Waals surface area contributed by atoms with Gasteiger partial charge in [-0.15, -0.1) is 0 Å². The van der Waals surface area contributed by atoms with Crippen LogP contribution in [0.5, 0.6) is 0 Å². The number of nitrogens with one attached hydrogen (secondary N) is 2. The number of hydrogen-bond donors (Lipinski definition) is 2. The van der Waals surface area contributed by atoms with Gasteiger partial charge in [0.25, 0.3) is 11.8 Å². The first-order chi connectivity index (χ1) is 17.1. The summed E-state index contributed by atoms with van der Waals surface area (Å²) in [4.78, 5) is 40.0. The van der Waals surface area contributed by atoms with Crippen molar-refractivity contribution in [2.75, 3.05) is 22.1 Å². The highest BCUT2D eigenvalue weighted by molar-refractivity contribution is 6.09. The summed E-state index contributed by atoms with van der Waals surface area (Å²) in [5.41, 5.74) is 2.75. The fourth-order valence-electron chi connectivity index (χ4n) is 4.06. The molecule has 3 amide bonds. The van der Waals surface area contributed by atoms with Gasteiger partial charge in [0.05, 0.1) is 0 Å². The van der Waals surface area contributed by atoms with E-state index < -0.39 is 17.5 Å². The van der Waals surface area contributed by atoms with Gasteiger partial charge < -0.3 is 15.0 Å². The fraction of sp³-hybridized carbons (Fsp3) is 0.250. The lowest BCUT2D eigenvalue weighted by molar-refractivity contribution is 0.0635. The lowest BCUT2D eigenvalue weighted by Gasteiger charge is -2.31. The van der Waals surface area contributed by atoms with Crippen molar-refractivity contribution in [1.82, 2.24) is 0 Å². The smallest absolute Gasteiger partial charge is 0.412 e. The van der Waals surface area contributed by atoms with E-state index in [9.17, 15) is 18.8 Å². The first-order valence-electron chi connectivity index (χ1n) is 11.7. The average molecular weight is 490 g/mol. The van der Waals surface area contributed by atoms with E-state index in [-0.39, 0.29) is 11.8 Å². The molecular weight excluding hydrogens is 461 g/mol. The Morgan fingerprint density at radius 2 is 1.64 bits per heavy atom. The van der Waals surface area contributed by atoms with Crippen LogP contribution in [-0.2, 0) is 11.2 Å². The van der Waals surface area contributed by atoms with Crippen LogP contribution in [0.2, 0.25) is 0 Å². The third-order valence-electron chi connectivity index (χ3n) is 5.61. The van der Waals surface area contributed by atoms with Gasteiger partial charge in [-0.3, -0.25) is 14.9 Å². The minimum absolute atomic E-state index is 0.217. The molecule has 0 aliphatic carbocycles. The Balaban J connectivity index is 1.54. The zero-order valence-electron chi connectivity index (χ0n) is 20.4. The van der Waals surface area contributed by atoms with Gasteiger partial charge in [0.15, 0.2) is 0 Å². The number of amides is 3. The topological polar surface area (TPSA) is 87.7 Å². The number of anilines is 3. The second-order valence-corrected chi connectivity index (χ2v) is 9.53. The SMILES string of the molecule is CC(C)(C)OC(=O)Nc1cccc(C(=O)N2CCCc3c(NC(=O)c4ccc(F)cc4)cccc32)c1. The molecule has 3 aromatic carbocycles. The van der Waals surface area contributed by atoms with Crippen LogP contribution < -0.4 is 15.5 Å². The lowest BCUT2D eigenvalue weighted by Crippen LogP contribution is -2.36. The van der Waals surface area contributed by atoms with E-state index in [4.69, 9.17) is 4.74 Å². The van der Waals surface area contributed by atoms with Gasteiger partial charge in [-0.25, -0.2) is 9.18 Å². The molecule has 1 aliphatic rings. The number of nitrogens with zero attached hydrogens (tertiary/aromatic N) is 1. The summed E-state index contributed by atoms with van der Waals surface area (Å²) in [6, 6.07) is 17.4. The van der Waals surface area contributed by atoms with E-state index in [0.29, 0.717) is 41.2 Å². The van der Waals surface area contributed by atoms with Gasteiger partial charge >= 0.3 is 6.09 Å². The molecule has 0 unspecified atom stereocenters. The summed E-state index contributed by atoms with van der Waals surface area (Å²) in [6.07, 6.45) is 0.814. The van der Waals surface area contributed by atoms with Crippen LogP contribution in [-0.4, -0.2) is 30.1 Å². The number of carbonyl (C=O) groups is 3. The largest absolute Gasteiger partial charge is 0.444 e. The van der Waals surface area contributed by atoms with Crippen molar-refractivity contribution in [2.24, 2.45) is 0 Å². The third-order valence-corrected chi connectivity index (χ3v) is 5.61. The van der Waals surface area contributed by atoms with Crippen molar-refractivity contribution in [3.05, 3.63) is 89.2 Å². The Labute approximate surface area is 209 Å². The molecule has 0 aromatic heterocycles. The summed E-state index contributed by atoms with van der Waals surface area (Å²) in [5, 5.41) is 5.56. The van der Waals surface area contributed by atoms with E-state index in [1.165, 1.54) is 24.3 Å². The van der Waals surface area contributed by atoms with Gasteiger partial charge in [-0.1, -0.05) is 12.1 Å². The second kappa shape index (κ2) is 10.2. The van der Waals surface area contributed by atoms with E-state index in [1.54, 1.807) is 62.1 Å². The molecule has 8 heteroatoms. The predicted octanol–water partition coefficient (Wildman–Crippen LogP) is 6.02. The number of fused-ring (bicyclic) bond motifs is 1. The summed E-state index contributed by atoms with van der Waals surface area (Å²) in [7, 11) is 0. The Bertz CT molecular complexity index is 1300. The standard InChI is InChI=1S/C28H28FN3O4/c1-28(2,3)36-27(35)30-21-8-4-7-19(17-21)26(34)32-16-6-9-22-23(10-5-11-24(22)32)31-25(33)18-12-14-20(29)15-13-18/h4-5,7-8,10-15,17H,6,9,16H2,1-3H3,(H,30,35)(H,31,33). The van der Waals surface area contributed by atoms with Gasteiger partial charge in [0.2, 0.25) is 0 Å². The maximum Gasteiger partial charge on any atom is 0.412 e. The van der Waals surface area contributed by atoms with Crippen LogP contribution >= 0.6 is 0 Å². The summed E-state index contributed by atoms with van der Waals surface area (Å²) < 4.78 is 18.5. The normalized spacial score (nSPS) is 12.9. The molecule has 0 fully saturated rings.